The van der Waals surface area contributed by atoms with Crippen LogP contribution in [0, 0.1) is 5.82 Å². The van der Waals surface area contributed by atoms with E-state index in [1.54, 1.807) is 18.2 Å². The van der Waals surface area contributed by atoms with Gasteiger partial charge in [-0.25, -0.2) is 4.39 Å². The lowest BCUT2D eigenvalue weighted by Gasteiger charge is -2.17. The molecule has 0 aliphatic carbocycles. The molecule has 2 N–H and O–H groups in total. The highest BCUT2D eigenvalue weighted by Crippen LogP contribution is 2.07. The van der Waals surface area contributed by atoms with E-state index in [-0.39, 0.29) is 19.0 Å². The predicted molar refractivity (Wildman–Crippen MR) is 73.6 cm³/mol. The summed E-state index contributed by atoms with van der Waals surface area (Å²) in [5.74, 6) is -0.261. The molecule has 0 aliphatic rings. The van der Waals surface area contributed by atoms with E-state index in [2.05, 4.69) is 14.0 Å². The summed E-state index contributed by atoms with van der Waals surface area (Å²) in [7, 11) is 2.07. The van der Waals surface area contributed by atoms with Gasteiger partial charge in [-0.1, -0.05) is 31.5 Å². The number of hydrogen-bond acceptors (Lipinski definition) is 2. The SMILES string of the molecule is CCCC[NH+](C)C[C@@H](O)COCc1ccccc1F. The number of likely N-dealkylation sites (N-methyl/N-ethyl adjacent to an activating group) is 1. The second-order valence-corrected chi connectivity index (χ2v) is 5.03. The van der Waals surface area contributed by atoms with Crippen molar-refractivity contribution in [3.63, 3.8) is 0 Å². The Kier molecular flexibility index (Phi) is 7.63. The maximum absolute atomic E-state index is 13.3. The molecule has 0 amide bonds. The molecule has 19 heavy (non-hydrogen) atoms. The Hall–Kier alpha value is -0.970. The van der Waals surface area contributed by atoms with Crippen LogP contribution in [0.3, 0.4) is 0 Å². The largest absolute Gasteiger partial charge is 0.385 e. The van der Waals surface area contributed by atoms with Gasteiger partial charge in [0.05, 0.1) is 26.8 Å². The van der Waals surface area contributed by atoms with E-state index in [9.17, 15) is 9.50 Å². The number of benzene rings is 1. The predicted octanol–water partition coefficient (Wildman–Crippen LogP) is 1.02. The Morgan fingerprint density at radius 2 is 2.11 bits per heavy atom. The van der Waals surface area contributed by atoms with Gasteiger partial charge in [-0.15, -0.1) is 0 Å². The van der Waals surface area contributed by atoms with Crippen molar-refractivity contribution in [2.24, 2.45) is 0 Å². The average Bonchev–Trinajstić information content (AvgIpc) is 2.38. The zero-order valence-electron chi connectivity index (χ0n) is 11.9. The molecule has 1 aromatic carbocycles. The van der Waals surface area contributed by atoms with Crippen molar-refractivity contribution in [2.45, 2.75) is 32.5 Å². The molecule has 0 saturated carbocycles. The maximum Gasteiger partial charge on any atom is 0.128 e. The third kappa shape index (κ3) is 6.66. The molecule has 2 atom stereocenters. The van der Waals surface area contributed by atoms with Gasteiger partial charge in [0.2, 0.25) is 0 Å². The molecule has 3 nitrogen and oxygen atoms in total. The number of rotatable bonds is 9. The van der Waals surface area contributed by atoms with E-state index in [1.165, 1.54) is 11.0 Å². The van der Waals surface area contributed by atoms with E-state index in [1.807, 2.05) is 0 Å². The number of nitrogens with one attached hydrogen (secondary N) is 1. The van der Waals surface area contributed by atoms with Crippen LogP contribution in [0.1, 0.15) is 25.3 Å². The fourth-order valence-electron chi connectivity index (χ4n) is 1.96. The lowest BCUT2D eigenvalue weighted by molar-refractivity contribution is -0.883. The molecule has 0 fully saturated rings. The molecule has 0 radical (unpaired) electrons. The third-order valence-electron chi connectivity index (χ3n) is 3.07. The lowest BCUT2D eigenvalue weighted by atomic mass is 10.2. The van der Waals surface area contributed by atoms with Crippen LogP contribution in [0.4, 0.5) is 4.39 Å². The van der Waals surface area contributed by atoms with Gasteiger partial charge in [0.15, 0.2) is 0 Å². The highest BCUT2D eigenvalue weighted by atomic mass is 19.1. The van der Waals surface area contributed by atoms with Gasteiger partial charge in [-0.2, -0.15) is 0 Å². The third-order valence-corrected chi connectivity index (χ3v) is 3.07. The highest BCUT2D eigenvalue weighted by molar-refractivity contribution is 5.16. The van der Waals surface area contributed by atoms with E-state index in [0.29, 0.717) is 12.1 Å². The first-order chi connectivity index (χ1) is 9.13. The van der Waals surface area contributed by atoms with Crippen LogP contribution in [0.15, 0.2) is 24.3 Å². The number of quaternary nitrogens is 1. The van der Waals surface area contributed by atoms with Crippen molar-refractivity contribution in [3.05, 3.63) is 35.6 Å². The number of ether oxygens (including phenoxy) is 1. The summed E-state index contributed by atoms with van der Waals surface area (Å²) in [5.41, 5.74) is 0.529. The molecular weight excluding hydrogens is 245 g/mol. The smallest absolute Gasteiger partial charge is 0.128 e. The van der Waals surface area contributed by atoms with Gasteiger partial charge in [0, 0.05) is 5.56 Å². The summed E-state index contributed by atoms with van der Waals surface area (Å²) in [6, 6.07) is 6.54. The van der Waals surface area contributed by atoms with Gasteiger partial charge >= 0.3 is 0 Å². The first-order valence-corrected chi connectivity index (χ1v) is 6.94. The summed E-state index contributed by atoms with van der Waals surface area (Å²) in [6.07, 6.45) is 1.83. The van der Waals surface area contributed by atoms with Crippen molar-refractivity contribution in [3.8, 4) is 0 Å². The number of halogens is 1. The summed E-state index contributed by atoms with van der Waals surface area (Å²) >= 11 is 0. The van der Waals surface area contributed by atoms with Gasteiger partial charge < -0.3 is 14.7 Å². The monoisotopic (exact) mass is 270 g/mol. The second kappa shape index (κ2) is 9.02. The standard InChI is InChI=1S/C15H24FNO2/c1-3-4-9-17(2)10-14(18)12-19-11-13-7-5-6-8-15(13)16/h5-8,14,18H,3-4,9-12H2,1-2H3/p+1/t14-/m1/s1. The molecule has 0 aliphatic heterocycles. The van der Waals surface area contributed by atoms with Crippen LogP contribution in [0.5, 0.6) is 0 Å². The minimum absolute atomic E-state index is 0.206. The average molecular weight is 270 g/mol. The fraction of sp³-hybridized carbons (Fsp3) is 0.600. The molecular formula is C15H25FNO2+. The van der Waals surface area contributed by atoms with Gasteiger partial charge in [-0.3, -0.25) is 0 Å². The number of aliphatic hydroxyl groups excluding tert-OH is 1. The number of hydrogen-bond donors (Lipinski definition) is 2. The topological polar surface area (TPSA) is 33.9 Å². The maximum atomic E-state index is 13.3. The van der Waals surface area contributed by atoms with Gasteiger partial charge in [0.25, 0.3) is 0 Å². The molecule has 1 unspecified atom stereocenters. The van der Waals surface area contributed by atoms with Crippen LogP contribution in [-0.2, 0) is 11.3 Å². The Bertz CT molecular complexity index is 360. The highest BCUT2D eigenvalue weighted by Gasteiger charge is 2.11. The Labute approximate surface area is 115 Å². The van der Waals surface area contributed by atoms with Crippen LogP contribution in [0.2, 0.25) is 0 Å². The molecule has 4 heteroatoms. The molecule has 0 spiro atoms. The minimum Gasteiger partial charge on any atom is -0.385 e. The van der Waals surface area contributed by atoms with Crippen molar-refractivity contribution in [2.75, 3.05) is 26.7 Å². The number of aliphatic hydroxyl groups is 1. The molecule has 1 rings (SSSR count). The zero-order chi connectivity index (χ0) is 14.1. The van der Waals surface area contributed by atoms with Gasteiger partial charge in [0.1, 0.15) is 18.5 Å². The second-order valence-electron chi connectivity index (χ2n) is 5.03. The molecule has 0 bridgehead atoms. The van der Waals surface area contributed by atoms with Crippen LogP contribution < -0.4 is 4.90 Å². The van der Waals surface area contributed by atoms with Crippen LogP contribution in [-0.4, -0.2) is 38.0 Å². The van der Waals surface area contributed by atoms with Gasteiger partial charge in [-0.05, 0) is 12.5 Å². The summed E-state index contributed by atoms with van der Waals surface area (Å²) in [4.78, 5) is 1.30. The first kappa shape index (κ1) is 16.1. The van der Waals surface area contributed by atoms with E-state index in [4.69, 9.17) is 4.74 Å². The molecule has 108 valence electrons. The molecule has 0 heterocycles. The summed E-state index contributed by atoms with van der Waals surface area (Å²) in [5, 5.41) is 9.83. The van der Waals surface area contributed by atoms with Crippen molar-refractivity contribution in [1.29, 1.82) is 0 Å². The zero-order valence-corrected chi connectivity index (χ0v) is 11.9. The van der Waals surface area contributed by atoms with Crippen LogP contribution in [0.25, 0.3) is 0 Å². The van der Waals surface area contributed by atoms with Crippen molar-refractivity contribution in [1.82, 2.24) is 0 Å². The van der Waals surface area contributed by atoms with E-state index in [0.717, 1.165) is 19.4 Å². The fourth-order valence-corrected chi connectivity index (χ4v) is 1.96. The van der Waals surface area contributed by atoms with E-state index < -0.39 is 6.10 Å². The van der Waals surface area contributed by atoms with Crippen molar-refractivity contribution >= 4 is 0 Å². The van der Waals surface area contributed by atoms with E-state index >= 15 is 0 Å². The molecule has 0 saturated heterocycles. The summed E-state index contributed by atoms with van der Waals surface area (Å²) < 4.78 is 18.7. The normalized spacial score (nSPS) is 14.3. The Balaban J connectivity index is 2.20. The lowest BCUT2D eigenvalue weighted by Crippen LogP contribution is -3.10. The minimum atomic E-state index is -0.497. The van der Waals surface area contributed by atoms with Crippen LogP contribution >= 0.6 is 0 Å². The first-order valence-electron chi connectivity index (χ1n) is 6.94. The Morgan fingerprint density at radius 3 is 2.79 bits per heavy atom. The number of unbranched alkanes of at least 4 members (excludes halogenated alkanes) is 1. The summed E-state index contributed by atoms with van der Waals surface area (Å²) in [6.45, 7) is 4.33. The van der Waals surface area contributed by atoms with Crippen molar-refractivity contribution < 1.29 is 19.1 Å². The molecule has 0 aromatic heterocycles. The molecule has 1 aromatic rings. The Morgan fingerprint density at radius 1 is 1.37 bits per heavy atom. The quantitative estimate of drug-likeness (QED) is 0.702.